The zero-order valence-electron chi connectivity index (χ0n) is 7.00. The summed E-state index contributed by atoms with van der Waals surface area (Å²) in [6.07, 6.45) is -2.03. The lowest BCUT2D eigenvalue weighted by molar-refractivity contribution is -0.132. The summed E-state index contributed by atoms with van der Waals surface area (Å²) in [7, 11) is 1.32. The molecule has 0 unspecified atom stereocenters. The Morgan fingerprint density at radius 2 is 2.15 bits per heavy atom. The average Bonchev–Trinajstić information content (AvgIpc) is 1.97. The zero-order chi connectivity index (χ0) is 10.6. The first-order valence-electron chi connectivity index (χ1n) is 3.26. The molecule has 0 aromatic carbocycles. The van der Waals surface area contributed by atoms with Crippen molar-refractivity contribution in [1.82, 2.24) is 5.01 Å². The molecule has 6 heteroatoms. The number of halogens is 2. The summed E-state index contributed by atoms with van der Waals surface area (Å²) in [5.74, 6) is 3.59. The molecule has 0 bridgehead atoms. The van der Waals surface area contributed by atoms with E-state index in [-0.39, 0.29) is 0 Å². The molecule has 0 heterocycles. The number of hydrogen-bond acceptors (Lipinski definition) is 3. The first-order valence-corrected chi connectivity index (χ1v) is 3.26. The fourth-order valence-electron chi connectivity index (χ4n) is 0.597. The van der Waals surface area contributed by atoms with Crippen LogP contribution in [0.1, 0.15) is 0 Å². The Balaban J connectivity index is 4.83. The number of alkyl halides is 2. The van der Waals surface area contributed by atoms with E-state index in [1.54, 1.807) is 0 Å². The summed E-state index contributed by atoms with van der Waals surface area (Å²) in [6.45, 7) is 2.95. The third-order valence-corrected chi connectivity index (χ3v) is 1.17. The molecule has 0 aliphatic rings. The summed E-state index contributed by atoms with van der Waals surface area (Å²) >= 11 is 0. The minimum atomic E-state index is -2.90. The summed E-state index contributed by atoms with van der Waals surface area (Å²) in [5.41, 5.74) is -1.36. The lowest BCUT2D eigenvalue weighted by atomic mass is 10.1. The van der Waals surface area contributed by atoms with Crippen LogP contribution >= 0.6 is 0 Å². The van der Waals surface area contributed by atoms with E-state index in [1.165, 1.54) is 7.05 Å². The molecular formula is C7H10F2N2O2. The molecule has 74 valence electrons. The Morgan fingerprint density at radius 1 is 1.69 bits per heavy atom. The monoisotopic (exact) mass is 192 g/mol. The third kappa shape index (κ3) is 3.66. The number of aliphatic carboxylic acids is 1. The molecule has 0 radical (unpaired) electrons. The van der Waals surface area contributed by atoms with Crippen LogP contribution in [-0.2, 0) is 4.79 Å². The van der Waals surface area contributed by atoms with Gasteiger partial charge in [-0.2, -0.15) is 0 Å². The molecule has 13 heavy (non-hydrogen) atoms. The van der Waals surface area contributed by atoms with Crippen LogP contribution in [0.5, 0.6) is 0 Å². The van der Waals surface area contributed by atoms with Crippen LogP contribution in [0, 0.1) is 0 Å². The molecule has 0 aliphatic carbocycles. The number of carboxylic acids is 1. The smallest absolute Gasteiger partial charge is 0.337 e. The molecule has 3 N–H and O–H groups in total. The highest BCUT2D eigenvalue weighted by molar-refractivity contribution is 5.91. The molecule has 4 nitrogen and oxygen atoms in total. The molecule has 0 fully saturated rings. The number of rotatable bonds is 4. The van der Waals surface area contributed by atoms with Crippen molar-refractivity contribution in [2.24, 2.45) is 5.84 Å². The van der Waals surface area contributed by atoms with Gasteiger partial charge >= 0.3 is 5.97 Å². The van der Waals surface area contributed by atoms with Gasteiger partial charge in [-0.05, 0) is 0 Å². The van der Waals surface area contributed by atoms with Gasteiger partial charge < -0.3 is 10.1 Å². The van der Waals surface area contributed by atoms with Crippen LogP contribution in [0.4, 0.5) is 8.78 Å². The summed E-state index contributed by atoms with van der Waals surface area (Å²) in [5, 5.41) is 9.37. The van der Waals surface area contributed by atoms with Crippen LogP contribution in [0.15, 0.2) is 23.9 Å². The highest BCUT2D eigenvalue weighted by Gasteiger charge is 2.19. The number of carbonyl (C=O) groups is 1. The normalized spacial score (nSPS) is 11.6. The van der Waals surface area contributed by atoms with Gasteiger partial charge in [-0.1, -0.05) is 6.58 Å². The van der Waals surface area contributed by atoms with Crippen LogP contribution in [-0.4, -0.2) is 29.6 Å². The second kappa shape index (κ2) is 4.56. The van der Waals surface area contributed by atoms with E-state index in [0.29, 0.717) is 0 Å². The molecular weight excluding hydrogens is 182 g/mol. The fraction of sp³-hybridized carbons (Fsp3) is 0.286. The minimum Gasteiger partial charge on any atom is -0.478 e. The van der Waals surface area contributed by atoms with Gasteiger partial charge in [0.25, 0.3) is 6.43 Å². The van der Waals surface area contributed by atoms with Crippen molar-refractivity contribution < 1.29 is 18.7 Å². The second-order valence-corrected chi connectivity index (χ2v) is 2.34. The molecule has 0 saturated carbocycles. The van der Waals surface area contributed by atoms with Gasteiger partial charge in [0.2, 0.25) is 0 Å². The number of nitrogens with two attached hydrogens (primary N) is 1. The standard InChI is InChI=1S/C7H10F2N2O2/c1-4(6(8)9)5(7(12)13)3-11(2)10/h3,6H,1,10H2,2H3,(H,12,13)/b5-3+. The lowest BCUT2D eigenvalue weighted by Gasteiger charge is -2.09. The lowest BCUT2D eigenvalue weighted by Crippen LogP contribution is -2.22. The number of carboxylic acid groups (broad SMARTS) is 1. The number of hydrazine groups is 1. The van der Waals surface area contributed by atoms with E-state index < -0.39 is 23.5 Å². The maximum atomic E-state index is 12.0. The van der Waals surface area contributed by atoms with Crippen molar-refractivity contribution in [3.63, 3.8) is 0 Å². The third-order valence-electron chi connectivity index (χ3n) is 1.17. The molecule has 0 spiro atoms. The van der Waals surface area contributed by atoms with Gasteiger partial charge in [-0.3, -0.25) is 0 Å². The number of nitrogens with zero attached hydrogens (tertiary/aromatic N) is 1. The van der Waals surface area contributed by atoms with E-state index in [2.05, 4.69) is 6.58 Å². The van der Waals surface area contributed by atoms with E-state index in [1.807, 2.05) is 0 Å². The zero-order valence-corrected chi connectivity index (χ0v) is 7.00. The SMILES string of the molecule is C=C(/C(=C\N(C)N)C(=O)O)C(F)F. The molecule has 0 atom stereocenters. The van der Waals surface area contributed by atoms with Crippen LogP contribution in [0.2, 0.25) is 0 Å². The maximum absolute atomic E-state index is 12.0. The Hall–Kier alpha value is -1.43. The van der Waals surface area contributed by atoms with Gasteiger partial charge in [0.1, 0.15) is 0 Å². The maximum Gasteiger partial charge on any atom is 0.337 e. The molecule has 0 aromatic heterocycles. The van der Waals surface area contributed by atoms with Crippen LogP contribution in [0.3, 0.4) is 0 Å². The Morgan fingerprint density at radius 3 is 2.38 bits per heavy atom. The molecule has 0 aliphatic heterocycles. The van der Waals surface area contributed by atoms with Crippen molar-refractivity contribution in [2.75, 3.05) is 7.05 Å². The molecule has 0 amide bonds. The van der Waals surface area contributed by atoms with Crippen molar-refractivity contribution >= 4 is 5.97 Å². The highest BCUT2D eigenvalue weighted by Crippen LogP contribution is 2.16. The van der Waals surface area contributed by atoms with Crippen molar-refractivity contribution in [2.45, 2.75) is 6.43 Å². The largest absolute Gasteiger partial charge is 0.478 e. The first kappa shape index (κ1) is 11.6. The van der Waals surface area contributed by atoms with Crippen molar-refractivity contribution in [1.29, 1.82) is 0 Å². The summed E-state index contributed by atoms with van der Waals surface area (Å²) in [6, 6.07) is 0. The van der Waals surface area contributed by atoms with Gasteiger partial charge in [0.05, 0.1) is 5.57 Å². The topological polar surface area (TPSA) is 66.6 Å². The Kier molecular flexibility index (Phi) is 4.06. The quantitative estimate of drug-likeness (QED) is 0.296. The van der Waals surface area contributed by atoms with Crippen LogP contribution < -0.4 is 5.84 Å². The average molecular weight is 192 g/mol. The number of hydrogen-bond donors (Lipinski definition) is 2. The van der Waals surface area contributed by atoms with E-state index >= 15 is 0 Å². The molecule has 0 aromatic rings. The second-order valence-electron chi connectivity index (χ2n) is 2.34. The first-order chi connectivity index (χ1) is 5.86. The summed E-state index contributed by atoms with van der Waals surface area (Å²) in [4.78, 5) is 10.4. The van der Waals surface area contributed by atoms with Crippen molar-refractivity contribution in [3.05, 3.63) is 23.9 Å². The van der Waals surface area contributed by atoms with E-state index in [4.69, 9.17) is 10.9 Å². The van der Waals surface area contributed by atoms with Gasteiger partial charge in [-0.15, -0.1) is 0 Å². The minimum absolute atomic E-state index is 0.597. The Bertz CT molecular complexity index is 249. The van der Waals surface area contributed by atoms with E-state index in [9.17, 15) is 13.6 Å². The van der Waals surface area contributed by atoms with E-state index in [0.717, 1.165) is 11.2 Å². The van der Waals surface area contributed by atoms with Crippen LogP contribution in [0.25, 0.3) is 0 Å². The summed E-state index contributed by atoms with van der Waals surface area (Å²) < 4.78 is 24.1. The van der Waals surface area contributed by atoms with Gasteiger partial charge in [0.15, 0.2) is 0 Å². The van der Waals surface area contributed by atoms with Crippen molar-refractivity contribution in [3.8, 4) is 0 Å². The molecule has 0 rings (SSSR count). The predicted octanol–water partition coefficient (Wildman–Crippen LogP) is 0.582. The Labute approximate surface area is 73.9 Å². The van der Waals surface area contributed by atoms with Gasteiger partial charge in [-0.25, -0.2) is 19.4 Å². The fourth-order valence-corrected chi connectivity index (χ4v) is 0.597. The molecule has 0 saturated heterocycles. The van der Waals surface area contributed by atoms with Gasteiger partial charge in [0, 0.05) is 18.8 Å². The highest BCUT2D eigenvalue weighted by atomic mass is 19.3. The predicted molar refractivity (Wildman–Crippen MR) is 42.8 cm³/mol.